The Labute approximate surface area is 101 Å². The molecule has 0 atom stereocenters. The maximum absolute atomic E-state index is 11.8. The smallest absolute Gasteiger partial charge is 0.276 e. The minimum atomic E-state index is -0.330. The molecule has 0 aromatic carbocycles. The largest absolute Gasteiger partial charge is 0.369 e. The Balaban J connectivity index is 2.11. The number of hydrogen-bond donors (Lipinski definition) is 2. The van der Waals surface area contributed by atoms with E-state index < -0.39 is 0 Å². The Morgan fingerprint density at radius 1 is 1.41 bits per heavy atom. The fraction of sp³-hybridized carbons (Fsp3) is 0.222. The summed E-state index contributed by atoms with van der Waals surface area (Å²) >= 11 is 1.10. The number of nitrogens with one attached hydrogen (secondary N) is 2. The number of carbonyl (C=O) groups is 1. The first-order valence-electron chi connectivity index (χ1n) is 4.94. The molecular formula is C9H10N6OS. The average Bonchev–Trinajstić information content (AvgIpc) is 2.83. The van der Waals surface area contributed by atoms with Gasteiger partial charge in [-0.15, -0.1) is 5.10 Å². The summed E-state index contributed by atoms with van der Waals surface area (Å²) in [5, 5.41) is 9.81. The highest BCUT2D eigenvalue weighted by Crippen LogP contribution is 2.11. The Bertz CT molecular complexity index is 500. The van der Waals surface area contributed by atoms with Crippen LogP contribution in [0.15, 0.2) is 18.6 Å². The van der Waals surface area contributed by atoms with E-state index in [-0.39, 0.29) is 11.6 Å². The van der Waals surface area contributed by atoms with Crippen LogP contribution in [0.2, 0.25) is 0 Å². The molecule has 0 spiro atoms. The molecule has 2 heterocycles. The standard InChI is InChI=1S/C9H10N6OS/c1-2-11-7-4-10-3-6(13-7)9(16)14-8-5-12-15-17-8/h3-5H,2H2,1H3,(H,11,13)(H,14,16). The predicted molar refractivity (Wildman–Crippen MR) is 64.1 cm³/mol. The van der Waals surface area contributed by atoms with E-state index in [9.17, 15) is 4.79 Å². The zero-order chi connectivity index (χ0) is 12.1. The van der Waals surface area contributed by atoms with Crippen molar-refractivity contribution < 1.29 is 4.79 Å². The van der Waals surface area contributed by atoms with Crippen molar-refractivity contribution in [2.75, 3.05) is 17.2 Å². The molecule has 88 valence electrons. The molecule has 7 nitrogen and oxygen atoms in total. The minimum absolute atomic E-state index is 0.247. The first kappa shape index (κ1) is 11.4. The van der Waals surface area contributed by atoms with Crippen LogP contribution < -0.4 is 10.6 Å². The zero-order valence-electron chi connectivity index (χ0n) is 9.04. The van der Waals surface area contributed by atoms with E-state index in [1.54, 1.807) is 6.20 Å². The van der Waals surface area contributed by atoms with Crippen molar-refractivity contribution in [3.8, 4) is 0 Å². The minimum Gasteiger partial charge on any atom is -0.369 e. The summed E-state index contributed by atoms with van der Waals surface area (Å²) in [6, 6.07) is 0. The normalized spacial score (nSPS) is 9.94. The monoisotopic (exact) mass is 250 g/mol. The molecule has 1 amide bonds. The molecule has 0 aliphatic rings. The van der Waals surface area contributed by atoms with Gasteiger partial charge in [0.2, 0.25) is 0 Å². The number of hydrogen-bond acceptors (Lipinski definition) is 7. The van der Waals surface area contributed by atoms with Crippen LogP contribution in [-0.2, 0) is 0 Å². The van der Waals surface area contributed by atoms with E-state index in [0.29, 0.717) is 10.8 Å². The number of nitrogens with zero attached hydrogens (tertiary/aromatic N) is 4. The van der Waals surface area contributed by atoms with Crippen molar-refractivity contribution >= 4 is 28.3 Å². The zero-order valence-corrected chi connectivity index (χ0v) is 9.86. The molecule has 2 aromatic heterocycles. The first-order chi connectivity index (χ1) is 8.29. The van der Waals surface area contributed by atoms with E-state index in [1.807, 2.05) is 6.92 Å². The van der Waals surface area contributed by atoms with Gasteiger partial charge in [-0.25, -0.2) is 4.98 Å². The Morgan fingerprint density at radius 2 is 2.29 bits per heavy atom. The summed E-state index contributed by atoms with van der Waals surface area (Å²) in [5.74, 6) is 0.242. The molecule has 0 saturated carbocycles. The molecule has 0 unspecified atom stereocenters. The number of aromatic nitrogens is 4. The molecule has 2 rings (SSSR count). The number of rotatable bonds is 4. The molecule has 0 aliphatic carbocycles. The predicted octanol–water partition coefficient (Wildman–Crippen LogP) is 1.01. The third kappa shape index (κ3) is 2.94. The van der Waals surface area contributed by atoms with Crippen LogP contribution in [-0.4, -0.2) is 32.0 Å². The van der Waals surface area contributed by atoms with Gasteiger partial charge in [-0.1, -0.05) is 4.49 Å². The van der Waals surface area contributed by atoms with E-state index in [1.165, 1.54) is 12.4 Å². The van der Waals surface area contributed by atoms with E-state index in [2.05, 4.69) is 30.2 Å². The molecule has 8 heteroatoms. The van der Waals surface area contributed by atoms with Crippen LogP contribution in [0, 0.1) is 0 Å². The lowest BCUT2D eigenvalue weighted by Crippen LogP contribution is -2.14. The summed E-state index contributed by atoms with van der Waals surface area (Å²) in [6.07, 6.45) is 4.45. The van der Waals surface area contributed by atoms with Gasteiger partial charge in [0.1, 0.15) is 16.5 Å². The summed E-state index contributed by atoms with van der Waals surface area (Å²) in [4.78, 5) is 19.8. The third-order valence-electron chi connectivity index (χ3n) is 1.82. The molecule has 0 radical (unpaired) electrons. The average molecular weight is 250 g/mol. The Morgan fingerprint density at radius 3 is 3.00 bits per heavy atom. The van der Waals surface area contributed by atoms with Gasteiger partial charge in [0.15, 0.2) is 0 Å². The fourth-order valence-corrected chi connectivity index (χ4v) is 1.55. The van der Waals surface area contributed by atoms with Gasteiger partial charge in [0.25, 0.3) is 5.91 Å². The maximum Gasteiger partial charge on any atom is 0.276 e. The molecule has 0 bridgehead atoms. The number of anilines is 2. The summed E-state index contributed by atoms with van der Waals surface area (Å²) in [5.41, 5.74) is 0.247. The second kappa shape index (κ2) is 5.30. The summed E-state index contributed by atoms with van der Waals surface area (Å²) in [6.45, 7) is 2.66. The molecule has 0 saturated heterocycles. The highest BCUT2D eigenvalue weighted by atomic mass is 32.1. The van der Waals surface area contributed by atoms with Gasteiger partial charge >= 0.3 is 0 Å². The van der Waals surface area contributed by atoms with Crippen LogP contribution >= 0.6 is 11.5 Å². The van der Waals surface area contributed by atoms with Crippen LogP contribution in [0.5, 0.6) is 0 Å². The Hall–Kier alpha value is -2.09. The third-order valence-corrected chi connectivity index (χ3v) is 2.40. The van der Waals surface area contributed by atoms with Crippen LogP contribution in [0.1, 0.15) is 17.4 Å². The van der Waals surface area contributed by atoms with Crippen molar-refractivity contribution in [3.63, 3.8) is 0 Å². The van der Waals surface area contributed by atoms with Gasteiger partial charge in [0, 0.05) is 18.1 Å². The lowest BCUT2D eigenvalue weighted by Gasteiger charge is -2.04. The van der Waals surface area contributed by atoms with E-state index in [0.717, 1.165) is 18.1 Å². The number of amides is 1. The van der Waals surface area contributed by atoms with Crippen molar-refractivity contribution in [3.05, 3.63) is 24.3 Å². The number of carbonyl (C=O) groups excluding carboxylic acids is 1. The van der Waals surface area contributed by atoms with Crippen LogP contribution in [0.25, 0.3) is 0 Å². The van der Waals surface area contributed by atoms with Crippen molar-refractivity contribution in [2.45, 2.75) is 6.92 Å². The second-order valence-electron chi connectivity index (χ2n) is 3.06. The van der Waals surface area contributed by atoms with E-state index in [4.69, 9.17) is 0 Å². The van der Waals surface area contributed by atoms with Gasteiger partial charge in [0.05, 0.1) is 18.6 Å². The molecule has 0 aliphatic heterocycles. The van der Waals surface area contributed by atoms with Crippen molar-refractivity contribution in [1.29, 1.82) is 0 Å². The van der Waals surface area contributed by atoms with Crippen LogP contribution in [0.3, 0.4) is 0 Å². The lowest BCUT2D eigenvalue weighted by atomic mass is 10.4. The molecule has 2 N–H and O–H groups in total. The highest BCUT2D eigenvalue weighted by molar-refractivity contribution is 7.10. The van der Waals surface area contributed by atoms with E-state index >= 15 is 0 Å². The lowest BCUT2D eigenvalue weighted by molar-refractivity contribution is 0.102. The Kier molecular flexibility index (Phi) is 3.55. The molecule has 2 aromatic rings. The van der Waals surface area contributed by atoms with Gasteiger partial charge in [-0.05, 0) is 6.92 Å². The van der Waals surface area contributed by atoms with Crippen molar-refractivity contribution in [1.82, 2.24) is 19.6 Å². The summed E-state index contributed by atoms with van der Waals surface area (Å²) in [7, 11) is 0. The van der Waals surface area contributed by atoms with Gasteiger partial charge in [-0.2, -0.15) is 0 Å². The molecule has 17 heavy (non-hydrogen) atoms. The molecule has 0 fully saturated rings. The first-order valence-corrected chi connectivity index (χ1v) is 5.71. The summed E-state index contributed by atoms with van der Waals surface area (Å²) < 4.78 is 3.64. The maximum atomic E-state index is 11.8. The van der Waals surface area contributed by atoms with Crippen LogP contribution in [0.4, 0.5) is 10.8 Å². The van der Waals surface area contributed by atoms with Gasteiger partial charge < -0.3 is 10.6 Å². The fourth-order valence-electron chi connectivity index (χ4n) is 1.14. The van der Waals surface area contributed by atoms with Gasteiger partial charge in [-0.3, -0.25) is 9.78 Å². The quantitative estimate of drug-likeness (QED) is 0.841. The molecular weight excluding hydrogens is 240 g/mol. The topological polar surface area (TPSA) is 92.7 Å². The van der Waals surface area contributed by atoms with Crippen molar-refractivity contribution in [2.24, 2.45) is 0 Å². The highest BCUT2D eigenvalue weighted by Gasteiger charge is 2.10. The second-order valence-corrected chi connectivity index (χ2v) is 3.84. The SMILES string of the molecule is CCNc1cncc(C(=O)Nc2cnns2)n1.